The number of hydrogen-bond acceptors (Lipinski definition) is 3. The molecule has 2 aromatic carbocycles. The summed E-state index contributed by atoms with van der Waals surface area (Å²) in [5.74, 6) is 0.944. The van der Waals surface area contributed by atoms with Gasteiger partial charge in [0.05, 0.1) is 7.11 Å². The Hall–Kier alpha value is -1.84. The van der Waals surface area contributed by atoms with Gasteiger partial charge in [0, 0.05) is 25.2 Å². The first-order chi connectivity index (χ1) is 10.8. The van der Waals surface area contributed by atoms with Crippen LogP contribution in [0.25, 0.3) is 11.1 Å². The summed E-state index contributed by atoms with van der Waals surface area (Å²) in [5.41, 5.74) is 9.31. The smallest absolute Gasteiger partial charge is 0.123 e. The van der Waals surface area contributed by atoms with E-state index in [0.29, 0.717) is 6.54 Å². The fourth-order valence-corrected chi connectivity index (χ4v) is 2.69. The summed E-state index contributed by atoms with van der Waals surface area (Å²) in [4.78, 5) is 2.38. The van der Waals surface area contributed by atoms with Crippen LogP contribution in [0.2, 0.25) is 0 Å². The van der Waals surface area contributed by atoms with Crippen molar-refractivity contribution in [2.45, 2.75) is 19.9 Å². The lowest BCUT2D eigenvalue weighted by atomic mass is 10.0. The van der Waals surface area contributed by atoms with Crippen molar-refractivity contribution in [1.82, 2.24) is 4.90 Å². The SMILES string of the molecule is CCCN(CCN)Cc1ccc(-c2ccccc2)cc1OC. The van der Waals surface area contributed by atoms with Crippen molar-refractivity contribution in [3.05, 3.63) is 54.1 Å². The maximum absolute atomic E-state index is 5.71. The van der Waals surface area contributed by atoms with Gasteiger partial charge in [-0.2, -0.15) is 0 Å². The summed E-state index contributed by atoms with van der Waals surface area (Å²) in [7, 11) is 1.74. The van der Waals surface area contributed by atoms with Gasteiger partial charge >= 0.3 is 0 Å². The third-order valence-electron chi connectivity index (χ3n) is 3.77. The third kappa shape index (κ3) is 4.33. The quantitative estimate of drug-likeness (QED) is 0.810. The van der Waals surface area contributed by atoms with Crippen LogP contribution < -0.4 is 10.5 Å². The highest BCUT2D eigenvalue weighted by molar-refractivity contribution is 5.66. The predicted octanol–water partition coefficient (Wildman–Crippen LogP) is 3.53. The number of methoxy groups -OCH3 is 1. The molecule has 0 radical (unpaired) electrons. The van der Waals surface area contributed by atoms with Gasteiger partial charge in [-0.15, -0.1) is 0 Å². The Bertz CT molecular complexity index is 563. The van der Waals surface area contributed by atoms with Gasteiger partial charge in [-0.05, 0) is 30.2 Å². The van der Waals surface area contributed by atoms with Crippen molar-refractivity contribution >= 4 is 0 Å². The first-order valence-corrected chi connectivity index (χ1v) is 7.93. The first kappa shape index (κ1) is 16.5. The third-order valence-corrected chi connectivity index (χ3v) is 3.77. The highest BCUT2D eigenvalue weighted by Gasteiger charge is 2.10. The Labute approximate surface area is 133 Å². The summed E-state index contributed by atoms with van der Waals surface area (Å²) in [6.45, 7) is 5.73. The largest absolute Gasteiger partial charge is 0.496 e. The fraction of sp³-hybridized carbons (Fsp3) is 0.368. The van der Waals surface area contributed by atoms with Gasteiger partial charge in [0.1, 0.15) is 5.75 Å². The van der Waals surface area contributed by atoms with Crippen LogP contribution in [0.4, 0.5) is 0 Å². The molecule has 0 aliphatic carbocycles. The molecule has 0 unspecified atom stereocenters. The molecule has 3 heteroatoms. The van der Waals surface area contributed by atoms with Crippen LogP contribution >= 0.6 is 0 Å². The Morgan fingerprint density at radius 3 is 2.41 bits per heavy atom. The van der Waals surface area contributed by atoms with E-state index in [1.165, 1.54) is 16.7 Å². The zero-order valence-corrected chi connectivity index (χ0v) is 13.6. The van der Waals surface area contributed by atoms with Gasteiger partial charge in [-0.1, -0.05) is 49.4 Å². The number of nitrogens with zero attached hydrogens (tertiary/aromatic N) is 1. The number of ether oxygens (including phenoxy) is 1. The van der Waals surface area contributed by atoms with E-state index in [0.717, 1.165) is 31.8 Å². The van der Waals surface area contributed by atoms with E-state index < -0.39 is 0 Å². The Balaban J connectivity index is 2.22. The highest BCUT2D eigenvalue weighted by Crippen LogP contribution is 2.28. The second kappa shape index (κ2) is 8.57. The van der Waals surface area contributed by atoms with Gasteiger partial charge in [0.2, 0.25) is 0 Å². The number of hydrogen-bond donors (Lipinski definition) is 1. The van der Waals surface area contributed by atoms with E-state index in [1.54, 1.807) is 7.11 Å². The Morgan fingerprint density at radius 1 is 1.00 bits per heavy atom. The molecule has 118 valence electrons. The second-order valence-corrected chi connectivity index (χ2v) is 5.46. The van der Waals surface area contributed by atoms with Crippen LogP contribution in [-0.2, 0) is 6.54 Å². The van der Waals surface area contributed by atoms with Gasteiger partial charge in [0.25, 0.3) is 0 Å². The molecule has 0 aliphatic heterocycles. The molecule has 0 amide bonds. The molecule has 0 atom stereocenters. The van der Waals surface area contributed by atoms with Gasteiger partial charge in [-0.3, -0.25) is 4.90 Å². The minimum atomic E-state index is 0.685. The van der Waals surface area contributed by atoms with Gasteiger partial charge in [0.15, 0.2) is 0 Å². The molecular weight excluding hydrogens is 272 g/mol. The molecule has 0 saturated carbocycles. The van der Waals surface area contributed by atoms with Crippen molar-refractivity contribution in [2.75, 3.05) is 26.7 Å². The molecule has 2 aromatic rings. The van der Waals surface area contributed by atoms with Crippen LogP contribution in [0, 0.1) is 0 Å². The first-order valence-electron chi connectivity index (χ1n) is 7.93. The lowest BCUT2D eigenvalue weighted by Gasteiger charge is -2.22. The van der Waals surface area contributed by atoms with E-state index in [9.17, 15) is 0 Å². The Morgan fingerprint density at radius 2 is 1.77 bits per heavy atom. The molecule has 22 heavy (non-hydrogen) atoms. The molecule has 2 rings (SSSR count). The normalized spacial score (nSPS) is 10.9. The summed E-state index contributed by atoms with van der Waals surface area (Å²) < 4.78 is 5.61. The van der Waals surface area contributed by atoms with Gasteiger partial charge < -0.3 is 10.5 Å². The minimum absolute atomic E-state index is 0.685. The van der Waals surface area contributed by atoms with Crippen LogP contribution in [0.1, 0.15) is 18.9 Å². The van der Waals surface area contributed by atoms with Crippen LogP contribution in [0.3, 0.4) is 0 Å². The maximum atomic E-state index is 5.71. The van der Waals surface area contributed by atoms with E-state index >= 15 is 0 Å². The standard InChI is InChI=1S/C19H26N2O/c1-3-12-21(13-11-20)15-18-10-9-17(14-19(18)22-2)16-7-5-4-6-8-16/h4-10,14H,3,11-13,15,20H2,1-2H3. The van der Waals surface area contributed by atoms with Crippen molar-refractivity contribution < 1.29 is 4.74 Å². The summed E-state index contributed by atoms with van der Waals surface area (Å²) in [6.07, 6.45) is 1.13. The molecule has 3 nitrogen and oxygen atoms in total. The van der Waals surface area contributed by atoms with Crippen LogP contribution in [-0.4, -0.2) is 31.6 Å². The molecule has 0 heterocycles. The second-order valence-electron chi connectivity index (χ2n) is 5.46. The molecule has 0 bridgehead atoms. The zero-order chi connectivity index (χ0) is 15.8. The molecule has 0 spiro atoms. The van der Waals surface area contributed by atoms with Crippen LogP contribution in [0.15, 0.2) is 48.5 Å². The van der Waals surface area contributed by atoms with E-state index in [1.807, 2.05) is 6.07 Å². The summed E-state index contributed by atoms with van der Waals surface area (Å²) >= 11 is 0. The predicted molar refractivity (Wildman–Crippen MR) is 93.1 cm³/mol. The van der Waals surface area contributed by atoms with E-state index in [4.69, 9.17) is 10.5 Å². The molecule has 2 N–H and O–H groups in total. The lowest BCUT2D eigenvalue weighted by Crippen LogP contribution is -2.29. The Kier molecular flexibility index (Phi) is 6.44. The van der Waals surface area contributed by atoms with E-state index in [2.05, 4.69) is 54.3 Å². The zero-order valence-electron chi connectivity index (χ0n) is 13.6. The minimum Gasteiger partial charge on any atom is -0.496 e. The molecule has 0 aromatic heterocycles. The maximum Gasteiger partial charge on any atom is 0.123 e. The van der Waals surface area contributed by atoms with Crippen molar-refractivity contribution in [3.8, 4) is 16.9 Å². The highest BCUT2D eigenvalue weighted by atomic mass is 16.5. The average molecular weight is 298 g/mol. The topological polar surface area (TPSA) is 38.5 Å². The van der Waals surface area contributed by atoms with Crippen molar-refractivity contribution in [2.24, 2.45) is 5.73 Å². The lowest BCUT2D eigenvalue weighted by molar-refractivity contribution is 0.268. The average Bonchev–Trinajstić information content (AvgIpc) is 2.56. The van der Waals surface area contributed by atoms with Crippen molar-refractivity contribution in [1.29, 1.82) is 0 Å². The monoisotopic (exact) mass is 298 g/mol. The molecular formula is C19H26N2O. The molecule has 0 saturated heterocycles. The molecule has 0 fully saturated rings. The molecule has 0 aliphatic rings. The number of rotatable bonds is 8. The summed E-state index contributed by atoms with van der Waals surface area (Å²) in [5, 5.41) is 0. The summed E-state index contributed by atoms with van der Waals surface area (Å²) in [6, 6.07) is 16.8. The van der Waals surface area contributed by atoms with Crippen LogP contribution in [0.5, 0.6) is 5.75 Å². The van der Waals surface area contributed by atoms with E-state index in [-0.39, 0.29) is 0 Å². The fourth-order valence-electron chi connectivity index (χ4n) is 2.69. The van der Waals surface area contributed by atoms with Crippen molar-refractivity contribution in [3.63, 3.8) is 0 Å². The number of benzene rings is 2. The number of nitrogens with two attached hydrogens (primary N) is 1. The van der Waals surface area contributed by atoms with Gasteiger partial charge in [-0.25, -0.2) is 0 Å².